The van der Waals surface area contributed by atoms with Gasteiger partial charge in [0.25, 0.3) is 0 Å². The molecule has 0 radical (unpaired) electrons. The summed E-state index contributed by atoms with van der Waals surface area (Å²) in [5.41, 5.74) is 3.84. The van der Waals surface area contributed by atoms with Crippen LogP contribution in [0.2, 0.25) is 0 Å². The molecule has 0 aromatic heterocycles. The summed E-state index contributed by atoms with van der Waals surface area (Å²) in [6.45, 7) is 10.5. The van der Waals surface area contributed by atoms with Gasteiger partial charge in [-0.05, 0) is 37.1 Å². The van der Waals surface area contributed by atoms with E-state index >= 15 is 0 Å². The predicted octanol–water partition coefficient (Wildman–Crippen LogP) is 2.62. The van der Waals surface area contributed by atoms with Gasteiger partial charge >= 0.3 is 0 Å². The van der Waals surface area contributed by atoms with Gasteiger partial charge in [0.1, 0.15) is 12.4 Å². The number of piperazine rings is 1. The van der Waals surface area contributed by atoms with E-state index in [9.17, 15) is 4.79 Å². The maximum atomic E-state index is 12.2. The first-order valence-electron chi connectivity index (χ1n) is 10.0. The normalized spacial score (nSPS) is 15.4. The van der Waals surface area contributed by atoms with Crippen LogP contribution in [0.1, 0.15) is 16.7 Å². The maximum Gasteiger partial charge on any atom is 0.234 e. The van der Waals surface area contributed by atoms with Crippen molar-refractivity contribution < 1.29 is 9.53 Å². The van der Waals surface area contributed by atoms with Gasteiger partial charge in [0.2, 0.25) is 5.91 Å². The minimum atomic E-state index is 0.0694. The first-order chi connectivity index (χ1) is 13.6. The third kappa shape index (κ3) is 6.66. The lowest BCUT2D eigenvalue weighted by Gasteiger charge is -2.34. The van der Waals surface area contributed by atoms with Gasteiger partial charge in [0.15, 0.2) is 0 Å². The number of benzene rings is 2. The quantitative estimate of drug-likeness (QED) is 0.714. The molecular weight excluding hydrogens is 350 g/mol. The molecule has 5 heteroatoms. The molecule has 2 aromatic rings. The Kier molecular flexibility index (Phi) is 7.46. The van der Waals surface area contributed by atoms with Gasteiger partial charge in [0, 0.05) is 32.7 Å². The molecule has 1 fully saturated rings. The van der Waals surface area contributed by atoms with Gasteiger partial charge < -0.3 is 10.1 Å². The van der Waals surface area contributed by atoms with Crippen molar-refractivity contribution in [2.75, 3.05) is 45.9 Å². The lowest BCUT2D eigenvalue weighted by Crippen LogP contribution is -2.49. The number of aryl methyl sites for hydroxylation is 2. The second-order valence-corrected chi connectivity index (χ2v) is 7.56. The van der Waals surface area contributed by atoms with Crippen LogP contribution in [0.4, 0.5) is 0 Å². The summed E-state index contributed by atoms with van der Waals surface area (Å²) in [5.74, 6) is 0.916. The van der Waals surface area contributed by atoms with Crippen LogP contribution in [-0.4, -0.2) is 61.6 Å². The summed E-state index contributed by atoms with van der Waals surface area (Å²) in [6, 6.07) is 16.6. The van der Waals surface area contributed by atoms with Gasteiger partial charge in [-0.25, -0.2) is 0 Å². The average Bonchev–Trinajstić information content (AvgIpc) is 2.67. The van der Waals surface area contributed by atoms with Crippen LogP contribution in [0, 0.1) is 13.8 Å². The number of carbonyl (C=O) groups excluding carboxylic acids is 1. The summed E-state index contributed by atoms with van der Waals surface area (Å²) in [6.07, 6.45) is 0. The van der Waals surface area contributed by atoms with E-state index in [2.05, 4.69) is 46.3 Å². The molecule has 150 valence electrons. The maximum absolute atomic E-state index is 12.2. The molecule has 28 heavy (non-hydrogen) atoms. The van der Waals surface area contributed by atoms with E-state index in [1.54, 1.807) is 0 Å². The summed E-state index contributed by atoms with van der Waals surface area (Å²) < 4.78 is 5.67. The number of nitrogens with zero attached hydrogens (tertiary/aromatic N) is 2. The Morgan fingerprint density at radius 1 is 0.964 bits per heavy atom. The van der Waals surface area contributed by atoms with E-state index in [0.717, 1.165) is 38.5 Å². The number of ether oxygens (including phenoxy) is 1. The minimum absolute atomic E-state index is 0.0694. The highest BCUT2D eigenvalue weighted by molar-refractivity contribution is 5.78. The number of rotatable bonds is 8. The molecule has 0 bridgehead atoms. The average molecular weight is 382 g/mol. The number of hydrogen-bond acceptors (Lipinski definition) is 4. The fourth-order valence-electron chi connectivity index (χ4n) is 3.50. The molecule has 3 rings (SSSR count). The van der Waals surface area contributed by atoms with Crippen LogP contribution in [-0.2, 0) is 11.3 Å². The Hall–Kier alpha value is -2.37. The monoisotopic (exact) mass is 381 g/mol. The molecule has 1 saturated heterocycles. The molecule has 5 nitrogen and oxygen atoms in total. The van der Waals surface area contributed by atoms with Crippen molar-refractivity contribution in [3.8, 4) is 5.75 Å². The Bertz CT molecular complexity index is 770. The number of hydrogen-bond donors (Lipinski definition) is 1. The third-order valence-corrected chi connectivity index (χ3v) is 5.00. The molecule has 1 amide bonds. The van der Waals surface area contributed by atoms with Gasteiger partial charge in [-0.3, -0.25) is 14.6 Å². The molecule has 1 heterocycles. The number of carbonyl (C=O) groups is 1. The highest BCUT2D eigenvalue weighted by Crippen LogP contribution is 2.12. The van der Waals surface area contributed by atoms with Crippen molar-refractivity contribution in [2.45, 2.75) is 20.4 Å². The van der Waals surface area contributed by atoms with Gasteiger partial charge in [-0.2, -0.15) is 0 Å². The summed E-state index contributed by atoms with van der Waals surface area (Å²) in [5, 5.41) is 2.95. The van der Waals surface area contributed by atoms with Crippen molar-refractivity contribution in [1.82, 2.24) is 15.1 Å². The molecule has 1 N–H and O–H groups in total. The van der Waals surface area contributed by atoms with Crippen molar-refractivity contribution in [3.63, 3.8) is 0 Å². The second-order valence-electron chi connectivity index (χ2n) is 7.56. The predicted molar refractivity (Wildman–Crippen MR) is 113 cm³/mol. The first kappa shape index (κ1) is 20.4. The van der Waals surface area contributed by atoms with Crippen molar-refractivity contribution in [3.05, 3.63) is 65.2 Å². The summed E-state index contributed by atoms with van der Waals surface area (Å²) in [4.78, 5) is 16.8. The zero-order valence-electron chi connectivity index (χ0n) is 17.0. The zero-order valence-corrected chi connectivity index (χ0v) is 17.0. The van der Waals surface area contributed by atoms with E-state index in [-0.39, 0.29) is 5.91 Å². The van der Waals surface area contributed by atoms with Gasteiger partial charge in [0.05, 0.1) is 13.1 Å². The molecule has 1 aliphatic heterocycles. The van der Waals surface area contributed by atoms with Crippen LogP contribution in [0.15, 0.2) is 48.5 Å². The molecule has 0 aliphatic carbocycles. The highest BCUT2D eigenvalue weighted by Gasteiger charge is 2.18. The molecule has 1 aliphatic rings. The Balaban J connectivity index is 1.30. The Morgan fingerprint density at radius 3 is 2.36 bits per heavy atom. The van der Waals surface area contributed by atoms with E-state index in [4.69, 9.17) is 4.74 Å². The number of nitrogens with one attached hydrogen (secondary N) is 1. The van der Waals surface area contributed by atoms with Crippen LogP contribution in [0.5, 0.6) is 5.75 Å². The lowest BCUT2D eigenvalue weighted by molar-refractivity contribution is -0.122. The van der Waals surface area contributed by atoms with Crippen LogP contribution in [0.25, 0.3) is 0 Å². The van der Waals surface area contributed by atoms with E-state index in [1.807, 2.05) is 31.2 Å². The fourth-order valence-corrected chi connectivity index (χ4v) is 3.50. The third-order valence-electron chi connectivity index (χ3n) is 5.00. The van der Waals surface area contributed by atoms with Crippen LogP contribution in [0.3, 0.4) is 0 Å². The van der Waals surface area contributed by atoms with Gasteiger partial charge in [-0.1, -0.05) is 42.0 Å². The molecule has 0 atom stereocenters. The SMILES string of the molecule is Cc1cccc(CN2CCN(CC(=O)NCCOc3cccc(C)c3)CC2)c1. The van der Waals surface area contributed by atoms with Crippen molar-refractivity contribution in [1.29, 1.82) is 0 Å². The zero-order chi connectivity index (χ0) is 19.8. The minimum Gasteiger partial charge on any atom is -0.492 e. The van der Waals surface area contributed by atoms with Crippen LogP contribution >= 0.6 is 0 Å². The Labute approximate surface area is 168 Å². The van der Waals surface area contributed by atoms with E-state index < -0.39 is 0 Å². The van der Waals surface area contributed by atoms with E-state index in [1.165, 1.54) is 16.7 Å². The van der Waals surface area contributed by atoms with Crippen molar-refractivity contribution in [2.24, 2.45) is 0 Å². The summed E-state index contributed by atoms with van der Waals surface area (Å²) >= 11 is 0. The molecule has 0 spiro atoms. The second kappa shape index (κ2) is 10.2. The smallest absolute Gasteiger partial charge is 0.234 e. The molecule has 0 saturated carbocycles. The summed E-state index contributed by atoms with van der Waals surface area (Å²) in [7, 11) is 0. The Morgan fingerprint density at radius 2 is 1.64 bits per heavy atom. The largest absolute Gasteiger partial charge is 0.492 e. The molecular formula is C23H31N3O2. The lowest BCUT2D eigenvalue weighted by atomic mass is 10.1. The highest BCUT2D eigenvalue weighted by atomic mass is 16.5. The molecule has 2 aromatic carbocycles. The molecule has 0 unspecified atom stereocenters. The topological polar surface area (TPSA) is 44.8 Å². The standard InChI is InChI=1S/C23H31N3O2/c1-19-5-3-7-21(15-19)17-25-10-12-26(13-11-25)18-23(27)24-9-14-28-22-8-4-6-20(2)16-22/h3-8,15-16H,9-14,17-18H2,1-2H3,(H,24,27). The first-order valence-corrected chi connectivity index (χ1v) is 10.0. The fraction of sp³-hybridized carbons (Fsp3) is 0.435. The van der Waals surface area contributed by atoms with Gasteiger partial charge in [-0.15, -0.1) is 0 Å². The van der Waals surface area contributed by atoms with Crippen LogP contribution < -0.4 is 10.1 Å². The number of amides is 1. The van der Waals surface area contributed by atoms with Crippen molar-refractivity contribution >= 4 is 5.91 Å². The van der Waals surface area contributed by atoms with E-state index in [0.29, 0.717) is 19.7 Å².